The van der Waals surface area contributed by atoms with Crippen LogP contribution >= 0.6 is 11.3 Å². The van der Waals surface area contributed by atoms with Crippen LogP contribution in [0.1, 0.15) is 0 Å². The molecule has 0 N–H and O–H groups in total. The SMILES string of the molecule is c1ccc(-c2ccc(-c3cc(-c4cccc5c4c4ccccc4n5-c4ccccc4)cc(-c4cccc5c4sc4ccccc45)n3)cc2)cc1. The van der Waals surface area contributed by atoms with Crippen LogP contribution in [0.15, 0.2) is 182 Å². The smallest absolute Gasteiger partial charge is 0.0730 e. The molecule has 0 amide bonds. The minimum Gasteiger partial charge on any atom is -0.309 e. The molecule has 50 heavy (non-hydrogen) atoms. The molecular weight excluding hydrogens is 625 g/mol. The number of nitrogens with zero attached hydrogens (tertiary/aromatic N) is 2. The maximum Gasteiger partial charge on any atom is 0.0730 e. The summed E-state index contributed by atoms with van der Waals surface area (Å²) in [5.74, 6) is 0. The average molecular weight is 655 g/mol. The highest BCUT2D eigenvalue weighted by Gasteiger charge is 2.19. The monoisotopic (exact) mass is 654 g/mol. The lowest BCUT2D eigenvalue weighted by Crippen LogP contribution is -1.94. The lowest BCUT2D eigenvalue weighted by atomic mass is 9.95. The fourth-order valence-corrected chi connectivity index (χ4v) is 8.72. The second-order valence-corrected chi connectivity index (χ2v) is 13.8. The molecule has 7 aromatic carbocycles. The fraction of sp³-hybridized carbons (Fsp3) is 0. The summed E-state index contributed by atoms with van der Waals surface area (Å²) in [7, 11) is 0. The zero-order valence-corrected chi connectivity index (χ0v) is 27.9. The molecule has 2 nitrogen and oxygen atoms in total. The molecule has 0 radical (unpaired) electrons. The standard InChI is InChI=1S/C47H30N2S/c1-3-13-31(14-4-1)32-25-27-33(28-26-32)41-29-34(30-42(48-41)39-21-11-20-38-37-17-8-10-24-45(37)50-47(38)39)36-19-12-23-44-46(36)40-18-7-9-22-43(40)49(44)35-15-5-2-6-16-35/h1-30H. The van der Waals surface area contributed by atoms with Gasteiger partial charge >= 0.3 is 0 Å². The third-order valence-electron chi connectivity index (χ3n) is 9.82. The zero-order valence-electron chi connectivity index (χ0n) is 27.1. The van der Waals surface area contributed by atoms with Crippen LogP contribution in [0, 0.1) is 0 Å². The van der Waals surface area contributed by atoms with E-state index in [0.29, 0.717) is 0 Å². The molecular formula is C47H30N2S. The first-order chi connectivity index (χ1) is 24.8. The predicted octanol–water partition coefficient (Wildman–Crippen LogP) is 13.2. The van der Waals surface area contributed by atoms with Crippen molar-refractivity contribution in [3.8, 4) is 50.5 Å². The van der Waals surface area contributed by atoms with Crippen LogP contribution in [0.5, 0.6) is 0 Å². The van der Waals surface area contributed by atoms with Crippen LogP contribution in [-0.2, 0) is 0 Å². The van der Waals surface area contributed by atoms with Crippen molar-refractivity contribution in [1.29, 1.82) is 0 Å². The number of para-hydroxylation sites is 2. The van der Waals surface area contributed by atoms with E-state index < -0.39 is 0 Å². The van der Waals surface area contributed by atoms with Crippen molar-refractivity contribution in [1.82, 2.24) is 9.55 Å². The van der Waals surface area contributed by atoms with Crippen LogP contribution in [0.2, 0.25) is 0 Å². The molecule has 3 heteroatoms. The van der Waals surface area contributed by atoms with Gasteiger partial charge in [0, 0.05) is 47.8 Å². The summed E-state index contributed by atoms with van der Waals surface area (Å²) < 4.78 is 4.95. The van der Waals surface area contributed by atoms with Gasteiger partial charge in [0.25, 0.3) is 0 Å². The summed E-state index contributed by atoms with van der Waals surface area (Å²) >= 11 is 1.85. The van der Waals surface area contributed by atoms with Crippen molar-refractivity contribution in [2.24, 2.45) is 0 Å². The molecule has 3 heterocycles. The van der Waals surface area contributed by atoms with E-state index in [-0.39, 0.29) is 0 Å². The lowest BCUT2D eigenvalue weighted by Gasteiger charge is -2.13. The van der Waals surface area contributed by atoms with Crippen molar-refractivity contribution in [2.45, 2.75) is 0 Å². The van der Waals surface area contributed by atoms with E-state index in [0.717, 1.165) is 33.8 Å². The molecule has 0 atom stereocenters. The highest BCUT2D eigenvalue weighted by atomic mass is 32.1. The normalized spacial score (nSPS) is 11.6. The summed E-state index contributed by atoms with van der Waals surface area (Å²) in [4.78, 5) is 5.42. The Morgan fingerprint density at radius 1 is 0.400 bits per heavy atom. The Morgan fingerprint density at radius 3 is 1.84 bits per heavy atom. The second kappa shape index (κ2) is 11.7. The van der Waals surface area contributed by atoms with Crippen LogP contribution < -0.4 is 0 Å². The quantitative estimate of drug-likeness (QED) is 0.181. The largest absolute Gasteiger partial charge is 0.309 e. The van der Waals surface area contributed by atoms with Gasteiger partial charge in [-0.2, -0.15) is 0 Å². The molecule has 3 aromatic heterocycles. The number of rotatable bonds is 5. The van der Waals surface area contributed by atoms with Crippen LogP contribution in [0.4, 0.5) is 0 Å². The first kappa shape index (κ1) is 28.7. The first-order valence-electron chi connectivity index (χ1n) is 17.0. The van der Waals surface area contributed by atoms with Gasteiger partial charge in [0.2, 0.25) is 0 Å². The van der Waals surface area contributed by atoms with Gasteiger partial charge in [-0.05, 0) is 64.7 Å². The molecule has 0 saturated carbocycles. The average Bonchev–Trinajstić information content (AvgIpc) is 3.75. The number of fused-ring (bicyclic) bond motifs is 6. The maximum atomic E-state index is 5.42. The molecule has 0 saturated heterocycles. The second-order valence-electron chi connectivity index (χ2n) is 12.7. The molecule has 10 aromatic rings. The van der Waals surface area contributed by atoms with Crippen molar-refractivity contribution >= 4 is 53.3 Å². The minimum atomic E-state index is 0.957. The highest BCUT2D eigenvalue weighted by Crippen LogP contribution is 2.43. The maximum absolute atomic E-state index is 5.42. The van der Waals surface area contributed by atoms with Gasteiger partial charge < -0.3 is 4.57 Å². The molecule has 10 rings (SSSR count). The number of pyridine rings is 1. The third kappa shape index (κ3) is 4.67. The summed E-state index contributed by atoms with van der Waals surface area (Å²) in [5, 5.41) is 5.05. The van der Waals surface area contributed by atoms with E-state index in [1.165, 1.54) is 58.7 Å². The van der Waals surface area contributed by atoms with Crippen molar-refractivity contribution in [2.75, 3.05) is 0 Å². The summed E-state index contributed by atoms with van der Waals surface area (Å²) in [6, 6.07) is 65.4. The predicted molar refractivity (Wildman–Crippen MR) is 213 cm³/mol. The number of thiophene rings is 1. The van der Waals surface area contributed by atoms with Gasteiger partial charge in [-0.25, -0.2) is 4.98 Å². The van der Waals surface area contributed by atoms with Crippen LogP contribution in [-0.4, -0.2) is 9.55 Å². The molecule has 234 valence electrons. The summed E-state index contributed by atoms with van der Waals surface area (Å²) in [6.07, 6.45) is 0. The van der Waals surface area contributed by atoms with Crippen LogP contribution in [0.25, 0.3) is 92.4 Å². The van der Waals surface area contributed by atoms with Gasteiger partial charge in [0.15, 0.2) is 0 Å². The van der Waals surface area contributed by atoms with E-state index >= 15 is 0 Å². The Labute approximate surface area is 294 Å². The number of benzene rings is 7. The van der Waals surface area contributed by atoms with Crippen LogP contribution in [0.3, 0.4) is 0 Å². The molecule has 0 aliphatic heterocycles. The lowest BCUT2D eigenvalue weighted by molar-refractivity contribution is 1.18. The molecule has 0 unspecified atom stereocenters. The van der Waals surface area contributed by atoms with E-state index in [9.17, 15) is 0 Å². The highest BCUT2D eigenvalue weighted by molar-refractivity contribution is 7.26. The molecule has 0 bridgehead atoms. The summed E-state index contributed by atoms with van der Waals surface area (Å²) in [6.45, 7) is 0. The topological polar surface area (TPSA) is 17.8 Å². The Balaban J connectivity index is 1.23. The first-order valence-corrected chi connectivity index (χ1v) is 17.8. The molecule has 0 fully saturated rings. The van der Waals surface area contributed by atoms with Crippen molar-refractivity contribution in [3.63, 3.8) is 0 Å². The Bertz CT molecular complexity index is 2850. The Kier molecular flexibility index (Phi) is 6.71. The van der Waals surface area contributed by atoms with Gasteiger partial charge in [0.1, 0.15) is 0 Å². The van der Waals surface area contributed by atoms with E-state index in [1.54, 1.807) is 0 Å². The van der Waals surface area contributed by atoms with E-state index in [1.807, 2.05) is 11.3 Å². The van der Waals surface area contributed by atoms with E-state index in [2.05, 4.69) is 187 Å². The van der Waals surface area contributed by atoms with Gasteiger partial charge in [-0.15, -0.1) is 11.3 Å². The number of aromatic nitrogens is 2. The zero-order chi connectivity index (χ0) is 33.0. The van der Waals surface area contributed by atoms with Gasteiger partial charge in [-0.1, -0.05) is 140 Å². The Morgan fingerprint density at radius 2 is 1.00 bits per heavy atom. The minimum absolute atomic E-state index is 0.957. The van der Waals surface area contributed by atoms with E-state index in [4.69, 9.17) is 4.98 Å². The fourth-order valence-electron chi connectivity index (χ4n) is 7.50. The Hall–Kier alpha value is -6.29. The molecule has 0 aliphatic rings. The van der Waals surface area contributed by atoms with Crippen molar-refractivity contribution in [3.05, 3.63) is 182 Å². The number of hydrogen-bond acceptors (Lipinski definition) is 2. The molecule has 0 spiro atoms. The number of hydrogen-bond donors (Lipinski definition) is 0. The summed E-state index contributed by atoms with van der Waals surface area (Å²) in [5.41, 5.74) is 12.5. The van der Waals surface area contributed by atoms with Crippen molar-refractivity contribution < 1.29 is 0 Å². The third-order valence-corrected chi connectivity index (χ3v) is 11.0. The van der Waals surface area contributed by atoms with Gasteiger partial charge in [-0.3, -0.25) is 0 Å². The molecule has 0 aliphatic carbocycles. The van der Waals surface area contributed by atoms with Gasteiger partial charge in [0.05, 0.1) is 22.4 Å².